The van der Waals surface area contributed by atoms with Crippen molar-refractivity contribution in [2.24, 2.45) is 0 Å². The quantitative estimate of drug-likeness (QED) is 0.212. The van der Waals surface area contributed by atoms with Gasteiger partial charge in [-0.05, 0) is 57.8 Å². The van der Waals surface area contributed by atoms with E-state index in [0.717, 1.165) is 51.4 Å². The Balaban J connectivity index is 3.44. The molecule has 0 saturated carbocycles. The fraction of sp³-hybridized carbons (Fsp3) is 0.542. The lowest BCUT2D eigenvalue weighted by Gasteiger charge is -1.95. The van der Waals surface area contributed by atoms with Crippen molar-refractivity contribution in [2.75, 3.05) is 6.61 Å². The smallest absolute Gasteiger partial charge is 0.303 e. The maximum absolute atomic E-state index is 10.4. The molecule has 0 unspecified atom stereocenters. The molecule has 0 radical (unpaired) electrons. The Hall–Kier alpha value is -1.87. The van der Waals surface area contributed by atoms with Gasteiger partial charge in [0, 0.05) is 13.0 Å². The van der Waals surface area contributed by atoms with Crippen LogP contribution in [-0.2, 0) is 4.79 Å². The van der Waals surface area contributed by atoms with E-state index in [2.05, 4.69) is 60.8 Å². The van der Waals surface area contributed by atoms with Crippen molar-refractivity contribution in [1.29, 1.82) is 0 Å². The summed E-state index contributed by atoms with van der Waals surface area (Å²) in [7, 11) is 0. The molecule has 0 atom stereocenters. The van der Waals surface area contributed by atoms with Gasteiger partial charge < -0.3 is 10.2 Å². The third kappa shape index (κ3) is 24.1. The molecule has 0 fully saturated rings. The second kappa shape index (κ2) is 22.2. The molecule has 0 saturated heterocycles. The molecule has 0 amide bonds. The number of rotatable bonds is 18. The average molecular weight is 375 g/mol. The first-order valence-electron chi connectivity index (χ1n) is 10.3. The summed E-state index contributed by atoms with van der Waals surface area (Å²) in [6.07, 6.45) is 33.0. The molecular formula is C24H38O3. The topological polar surface area (TPSA) is 57.5 Å². The van der Waals surface area contributed by atoms with Crippen LogP contribution in [0.15, 0.2) is 60.8 Å². The van der Waals surface area contributed by atoms with E-state index >= 15 is 0 Å². The van der Waals surface area contributed by atoms with Gasteiger partial charge in [0.2, 0.25) is 0 Å². The van der Waals surface area contributed by atoms with Crippen LogP contribution in [0.25, 0.3) is 0 Å². The van der Waals surface area contributed by atoms with Crippen molar-refractivity contribution >= 4 is 5.97 Å². The molecule has 152 valence electrons. The highest BCUT2D eigenvalue weighted by Gasteiger charge is 1.92. The Labute approximate surface area is 165 Å². The summed E-state index contributed by atoms with van der Waals surface area (Å²) in [4.78, 5) is 10.4. The summed E-state index contributed by atoms with van der Waals surface area (Å²) in [6.45, 7) is 0.320. The van der Waals surface area contributed by atoms with E-state index in [9.17, 15) is 4.79 Å². The fourth-order valence-electron chi connectivity index (χ4n) is 2.42. The monoisotopic (exact) mass is 374 g/mol. The number of aliphatic hydroxyl groups excluding tert-OH is 1. The van der Waals surface area contributed by atoms with E-state index in [4.69, 9.17) is 10.2 Å². The minimum Gasteiger partial charge on any atom is -0.481 e. The number of aliphatic hydroxyl groups is 1. The zero-order valence-electron chi connectivity index (χ0n) is 16.8. The average Bonchev–Trinajstić information content (AvgIpc) is 2.65. The van der Waals surface area contributed by atoms with E-state index < -0.39 is 5.97 Å². The van der Waals surface area contributed by atoms with Crippen molar-refractivity contribution in [3.63, 3.8) is 0 Å². The van der Waals surface area contributed by atoms with Crippen molar-refractivity contribution in [3.8, 4) is 0 Å². The molecule has 0 aromatic carbocycles. The van der Waals surface area contributed by atoms with Gasteiger partial charge in [-0.25, -0.2) is 0 Å². The first-order chi connectivity index (χ1) is 13.3. The molecule has 0 aromatic heterocycles. The van der Waals surface area contributed by atoms with Crippen molar-refractivity contribution in [2.45, 2.75) is 77.0 Å². The third-order valence-corrected chi connectivity index (χ3v) is 3.96. The lowest BCUT2D eigenvalue weighted by molar-refractivity contribution is -0.137. The molecule has 0 rings (SSSR count). The maximum atomic E-state index is 10.4. The number of unbranched alkanes of at least 4 members (excludes halogenated alkanes) is 5. The van der Waals surface area contributed by atoms with Gasteiger partial charge in [-0.3, -0.25) is 4.79 Å². The van der Waals surface area contributed by atoms with Gasteiger partial charge in [-0.2, -0.15) is 0 Å². The lowest BCUT2D eigenvalue weighted by atomic mass is 10.1. The van der Waals surface area contributed by atoms with Crippen LogP contribution in [0.3, 0.4) is 0 Å². The van der Waals surface area contributed by atoms with Crippen LogP contribution in [0.4, 0.5) is 0 Å². The van der Waals surface area contributed by atoms with Gasteiger partial charge in [-0.1, -0.05) is 73.6 Å². The summed E-state index contributed by atoms with van der Waals surface area (Å²) >= 11 is 0. The molecule has 0 aliphatic heterocycles. The lowest BCUT2D eigenvalue weighted by Crippen LogP contribution is -1.92. The van der Waals surface area contributed by atoms with Crippen LogP contribution in [-0.4, -0.2) is 22.8 Å². The molecule has 0 bridgehead atoms. The highest BCUT2D eigenvalue weighted by Crippen LogP contribution is 2.04. The number of hydrogen-bond acceptors (Lipinski definition) is 2. The molecule has 0 aliphatic carbocycles. The van der Waals surface area contributed by atoms with Crippen molar-refractivity contribution in [3.05, 3.63) is 60.8 Å². The van der Waals surface area contributed by atoms with Crippen molar-refractivity contribution in [1.82, 2.24) is 0 Å². The molecule has 2 N–H and O–H groups in total. The largest absolute Gasteiger partial charge is 0.481 e. The van der Waals surface area contributed by atoms with Crippen LogP contribution in [0.2, 0.25) is 0 Å². The van der Waals surface area contributed by atoms with E-state index in [1.807, 2.05) is 0 Å². The van der Waals surface area contributed by atoms with Crippen LogP contribution < -0.4 is 0 Å². The minimum absolute atomic E-state index is 0.252. The Morgan fingerprint density at radius 1 is 0.556 bits per heavy atom. The van der Waals surface area contributed by atoms with Gasteiger partial charge in [-0.15, -0.1) is 0 Å². The second-order valence-electron chi connectivity index (χ2n) is 6.51. The molecule has 0 aliphatic rings. The summed E-state index contributed by atoms with van der Waals surface area (Å²) in [5.41, 5.74) is 0. The minimum atomic E-state index is -0.720. The number of carboxylic acid groups (broad SMARTS) is 1. The van der Waals surface area contributed by atoms with E-state index in [-0.39, 0.29) is 6.42 Å². The van der Waals surface area contributed by atoms with E-state index in [1.54, 1.807) is 0 Å². The zero-order chi connectivity index (χ0) is 19.8. The van der Waals surface area contributed by atoms with Crippen LogP contribution in [0.5, 0.6) is 0 Å². The first kappa shape index (κ1) is 25.1. The number of hydrogen-bond donors (Lipinski definition) is 2. The Morgan fingerprint density at radius 3 is 1.41 bits per heavy atom. The van der Waals surface area contributed by atoms with Crippen molar-refractivity contribution < 1.29 is 15.0 Å². The zero-order valence-corrected chi connectivity index (χ0v) is 16.8. The molecule has 0 aromatic rings. The van der Waals surface area contributed by atoms with E-state index in [1.165, 1.54) is 12.8 Å². The number of allylic oxidation sites excluding steroid dienone is 10. The Kier molecular flexibility index (Phi) is 20.6. The summed E-state index contributed by atoms with van der Waals surface area (Å²) in [6, 6.07) is 0. The molecule has 3 heteroatoms. The van der Waals surface area contributed by atoms with Gasteiger partial charge in [0.25, 0.3) is 0 Å². The number of carboxylic acids is 1. The van der Waals surface area contributed by atoms with Gasteiger partial charge in [0.1, 0.15) is 0 Å². The molecule has 0 spiro atoms. The predicted molar refractivity (Wildman–Crippen MR) is 116 cm³/mol. The third-order valence-electron chi connectivity index (χ3n) is 3.96. The summed E-state index contributed by atoms with van der Waals surface area (Å²) in [5.74, 6) is -0.720. The Bertz CT molecular complexity index is 470. The van der Waals surface area contributed by atoms with Crippen LogP contribution in [0, 0.1) is 0 Å². The van der Waals surface area contributed by atoms with Gasteiger partial charge in [0.15, 0.2) is 0 Å². The first-order valence-corrected chi connectivity index (χ1v) is 10.3. The number of aliphatic carboxylic acids is 1. The summed E-state index contributed by atoms with van der Waals surface area (Å²) in [5, 5.41) is 17.2. The molecule has 0 heterocycles. The van der Waals surface area contributed by atoms with Gasteiger partial charge >= 0.3 is 5.97 Å². The van der Waals surface area contributed by atoms with Crippen LogP contribution in [0.1, 0.15) is 77.0 Å². The van der Waals surface area contributed by atoms with Crippen LogP contribution >= 0.6 is 0 Å². The van der Waals surface area contributed by atoms with E-state index in [0.29, 0.717) is 13.0 Å². The highest BCUT2D eigenvalue weighted by molar-refractivity contribution is 5.66. The normalized spacial score (nSPS) is 12.6. The summed E-state index contributed by atoms with van der Waals surface area (Å²) < 4.78 is 0. The fourth-order valence-corrected chi connectivity index (χ4v) is 2.42. The Morgan fingerprint density at radius 2 is 0.963 bits per heavy atom. The second-order valence-corrected chi connectivity index (χ2v) is 6.51. The molecule has 3 nitrogen and oxygen atoms in total. The number of carbonyl (C=O) groups is 1. The molecule has 27 heavy (non-hydrogen) atoms. The highest BCUT2D eigenvalue weighted by atomic mass is 16.4. The predicted octanol–water partition coefficient (Wildman–Crippen LogP) is 6.53. The standard InChI is InChI=1S/C24H38O3/c25-23-21-19-17-15-13-11-9-7-5-3-1-2-4-6-8-10-12-14-16-18-20-22-24(26)27/h2-5,8-11,14,16,25H,1,6-7,12-13,15,17-23H2,(H,26,27)/b4-2-,5-3+,10-8+,11-9+,16-14+. The molecular weight excluding hydrogens is 336 g/mol. The SMILES string of the molecule is O=C(O)CCC/C=C/C/C=C/C/C=C\C/C=C/C/C=C/CCCCCCO. The maximum Gasteiger partial charge on any atom is 0.303 e. The van der Waals surface area contributed by atoms with Gasteiger partial charge in [0.05, 0.1) is 0 Å².